The molecule has 0 aliphatic heterocycles. The second-order valence-corrected chi connectivity index (χ2v) is 4.44. The number of rotatable bonds is 4. The third-order valence-electron chi connectivity index (χ3n) is 2.70. The van der Waals surface area contributed by atoms with Gasteiger partial charge in [0.05, 0.1) is 11.5 Å². The molecule has 0 aromatic carbocycles. The number of nitrogens with two attached hydrogens (primary N) is 1. The van der Waals surface area contributed by atoms with Crippen molar-refractivity contribution in [1.29, 1.82) is 0 Å². The zero-order valence-corrected chi connectivity index (χ0v) is 9.98. The quantitative estimate of drug-likeness (QED) is 0.713. The van der Waals surface area contributed by atoms with E-state index in [1.165, 1.54) is 12.8 Å². The SMILES string of the molecule is CCN(CC(N)=S)C(=O)NC1CCCC1. The van der Waals surface area contributed by atoms with Crippen LogP contribution in [-0.2, 0) is 0 Å². The lowest BCUT2D eigenvalue weighted by atomic mass is 10.2. The van der Waals surface area contributed by atoms with Gasteiger partial charge in [-0.1, -0.05) is 25.1 Å². The molecule has 5 heteroatoms. The summed E-state index contributed by atoms with van der Waals surface area (Å²) in [6, 6.07) is 0.301. The fraction of sp³-hybridized carbons (Fsp3) is 0.800. The number of carbonyl (C=O) groups is 1. The Morgan fingerprint density at radius 2 is 2.13 bits per heavy atom. The van der Waals surface area contributed by atoms with Crippen LogP contribution in [0.15, 0.2) is 0 Å². The van der Waals surface area contributed by atoms with Gasteiger partial charge in [0.15, 0.2) is 0 Å². The van der Waals surface area contributed by atoms with E-state index in [9.17, 15) is 4.79 Å². The maximum absolute atomic E-state index is 11.8. The van der Waals surface area contributed by atoms with Crippen molar-refractivity contribution in [2.75, 3.05) is 13.1 Å². The fourth-order valence-corrected chi connectivity index (χ4v) is 2.01. The number of hydrogen-bond donors (Lipinski definition) is 2. The van der Waals surface area contributed by atoms with E-state index in [2.05, 4.69) is 5.32 Å². The zero-order chi connectivity index (χ0) is 11.3. The molecule has 0 aromatic rings. The summed E-state index contributed by atoms with van der Waals surface area (Å²) in [4.78, 5) is 13.8. The summed E-state index contributed by atoms with van der Waals surface area (Å²) < 4.78 is 0. The molecule has 15 heavy (non-hydrogen) atoms. The standard InChI is InChI=1S/C10H19N3OS/c1-2-13(7-9(11)15)10(14)12-8-5-3-4-6-8/h8H,2-7H2,1H3,(H2,11,15)(H,12,14). The Morgan fingerprint density at radius 1 is 1.53 bits per heavy atom. The third-order valence-corrected chi connectivity index (χ3v) is 2.83. The van der Waals surface area contributed by atoms with Gasteiger partial charge in [-0.2, -0.15) is 0 Å². The average molecular weight is 229 g/mol. The lowest BCUT2D eigenvalue weighted by Gasteiger charge is -2.23. The minimum absolute atomic E-state index is 0.0443. The van der Waals surface area contributed by atoms with E-state index in [-0.39, 0.29) is 6.03 Å². The summed E-state index contributed by atoms with van der Waals surface area (Å²) >= 11 is 4.80. The number of nitrogens with zero attached hydrogens (tertiary/aromatic N) is 1. The van der Waals surface area contributed by atoms with Gasteiger partial charge in [-0.3, -0.25) is 0 Å². The number of hydrogen-bond acceptors (Lipinski definition) is 2. The molecule has 0 bridgehead atoms. The highest BCUT2D eigenvalue weighted by molar-refractivity contribution is 7.80. The van der Waals surface area contributed by atoms with E-state index >= 15 is 0 Å². The summed E-state index contributed by atoms with van der Waals surface area (Å²) in [7, 11) is 0. The largest absolute Gasteiger partial charge is 0.392 e. The normalized spacial score (nSPS) is 16.3. The van der Waals surface area contributed by atoms with Crippen LogP contribution in [0, 0.1) is 0 Å². The van der Waals surface area contributed by atoms with Crippen LogP contribution in [0.4, 0.5) is 4.79 Å². The number of thiocarbonyl (C=S) groups is 1. The van der Waals surface area contributed by atoms with E-state index in [0.29, 0.717) is 24.1 Å². The summed E-state index contributed by atoms with van der Waals surface area (Å²) in [6.45, 7) is 2.92. The molecule has 0 unspecified atom stereocenters. The van der Waals surface area contributed by atoms with Crippen molar-refractivity contribution in [3.05, 3.63) is 0 Å². The number of nitrogens with one attached hydrogen (secondary N) is 1. The summed E-state index contributed by atoms with van der Waals surface area (Å²) in [5, 5.41) is 3.01. The first kappa shape index (κ1) is 12.2. The summed E-state index contributed by atoms with van der Waals surface area (Å²) in [6.07, 6.45) is 4.62. The van der Waals surface area contributed by atoms with Crippen molar-refractivity contribution in [3.63, 3.8) is 0 Å². The van der Waals surface area contributed by atoms with Crippen molar-refractivity contribution in [2.45, 2.75) is 38.6 Å². The molecular formula is C10H19N3OS. The van der Waals surface area contributed by atoms with Gasteiger partial charge in [-0.15, -0.1) is 0 Å². The van der Waals surface area contributed by atoms with E-state index in [0.717, 1.165) is 12.8 Å². The number of likely N-dealkylation sites (N-methyl/N-ethyl adjacent to an activating group) is 1. The first-order chi connectivity index (χ1) is 7.13. The highest BCUT2D eigenvalue weighted by atomic mass is 32.1. The Kier molecular flexibility index (Phi) is 4.81. The van der Waals surface area contributed by atoms with Gasteiger partial charge in [0.1, 0.15) is 0 Å². The predicted molar refractivity (Wildman–Crippen MR) is 64.8 cm³/mol. The Labute approximate surface area is 96.2 Å². The van der Waals surface area contributed by atoms with Crippen molar-refractivity contribution in [3.8, 4) is 0 Å². The molecule has 2 amide bonds. The van der Waals surface area contributed by atoms with E-state index in [1.807, 2.05) is 6.92 Å². The Hall–Kier alpha value is -0.840. The van der Waals surface area contributed by atoms with Crippen LogP contribution in [-0.4, -0.2) is 35.1 Å². The van der Waals surface area contributed by atoms with Crippen molar-refractivity contribution >= 4 is 23.2 Å². The van der Waals surface area contributed by atoms with Gasteiger partial charge in [0.25, 0.3) is 0 Å². The molecule has 1 aliphatic rings. The highest BCUT2D eigenvalue weighted by Crippen LogP contribution is 2.17. The molecule has 1 aliphatic carbocycles. The first-order valence-corrected chi connectivity index (χ1v) is 5.88. The molecule has 0 heterocycles. The second kappa shape index (κ2) is 5.90. The van der Waals surface area contributed by atoms with Crippen molar-refractivity contribution in [2.24, 2.45) is 5.73 Å². The Balaban J connectivity index is 2.38. The molecule has 1 fully saturated rings. The number of urea groups is 1. The Morgan fingerprint density at radius 3 is 2.60 bits per heavy atom. The Bertz CT molecular complexity index is 239. The third kappa shape index (κ3) is 4.03. The van der Waals surface area contributed by atoms with Gasteiger partial charge in [0.2, 0.25) is 0 Å². The monoisotopic (exact) mass is 229 g/mol. The molecule has 1 rings (SSSR count). The van der Waals surface area contributed by atoms with Crippen LogP contribution in [0.25, 0.3) is 0 Å². The van der Waals surface area contributed by atoms with E-state index in [1.54, 1.807) is 4.90 Å². The molecule has 0 spiro atoms. The lowest BCUT2D eigenvalue weighted by Crippen LogP contribution is -2.46. The van der Waals surface area contributed by atoms with Crippen molar-refractivity contribution < 1.29 is 4.79 Å². The number of carbonyl (C=O) groups excluding carboxylic acids is 1. The van der Waals surface area contributed by atoms with Crippen LogP contribution < -0.4 is 11.1 Å². The molecule has 3 N–H and O–H groups in total. The first-order valence-electron chi connectivity index (χ1n) is 5.47. The molecule has 4 nitrogen and oxygen atoms in total. The van der Waals surface area contributed by atoms with Gasteiger partial charge in [0, 0.05) is 12.6 Å². The second-order valence-electron chi connectivity index (χ2n) is 3.91. The molecule has 0 aromatic heterocycles. The summed E-state index contributed by atoms with van der Waals surface area (Å²) in [5.41, 5.74) is 5.42. The van der Waals surface area contributed by atoms with Crippen LogP contribution in [0.2, 0.25) is 0 Å². The average Bonchev–Trinajstić information content (AvgIpc) is 2.66. The van der Waals surface area contributed by atoms with Crippen molar-refractivity contribution in [1.82, 2.24) is 10.2 Å². The number of amides is 2. The van der Waals surface area contributed by atoms with Gasteiger partial charge in [-0.25, -0.2) is 4.79 Å². The van der Waals surface area contributed by atoms with Crippen LogP contribution in [0.3, 0.4) is 0 Å². The van der Waals surface area contributed by atoms with Crippen LogP contribution in [0.1, 0.15) is 32.6 Å². The lowest BCUT2D eigenvalue weighted by molar-refractivity contribution is 0.203. The zero-order valence-electron chi connectivity index (χ0n) is 9.16. The minimum atomic E-state index is -0.0443. The minimum Gasteiger partial charge on any atom is -0.392 e. The highest BCUT2D eigenvalue weighted by Gasteiger charge is 2.20. The smallest absolute Gasteiger partial charge is 0.317 e. The van der Waals surface area contributed by atoms with Gasteiger partial charge < -0.3 is 16.0 Å². The maximum atomic E-state index is 11.8. The summed E-state index contributed by atoms with van der Waals surface area (Å²) in [5.74, 6) is 0. The molecule has 0 atom stereocenters. The van der Waals surface area contributed by atoms with E-state index in [4.69, 9.17) is 18.0 Å². The van der Waals surface area contributed by atoms with E-state index < -0.39 is 0 Å². The van der Waals surface area contributed by atoms with Gasteiger partial charge in [-0.05, 0) is 19.8 Å². The fourth-order valence-electron chi connectivity index (χ4n) is 1.85. The molecule has 0 saturated heterocycles. The maximum Gasteiger partial charge on any atom is 0.317 e. The molecule has 0 radical (unpaired) electrons. The topological polar surface area (TPSA) is 58.4 Å². The molecule has 86 valence electrons. The van der Waals surface area contributed by atoms with Crippen LogP contribution in [0.5, 0.6) is 0 Å². The molecular weight excluding hydrogens is 210 g/mol. The predicted octanol–water partition coefficient (Wildman–Crippen LogP) is 1.25. The van der Waals surface area contributed by atoms with Gasteiger partial charge >= 0.3 is 6.03 Å². The molecule has 1 saturated carbocycles. The van der Waals surface area contributed by atoms with Crippen LogP contribution >= 0.6 is 12.2 Å².